The first-order valence-electron chi connectivity index (χ1n) is 10.1. The van der Waals surface area contributed by atoms with Crippen molar-refractivity contribution >= 4 is 54.7 Å². The van der Waals surface area contributed by atoms with Crippen molar-refractivity contribution in [3.63, 3.8) is 0 Å². The van der Waals surface area contributed by atoms with Gasteiger partial charge in [0.05, 0.1) is 0 Å². The molecule has 0 aromatic heterocycles. The van der Waals surface area contributed by atoms with Gasteiger partial charge in [-0.2, -0.15) is 35.4 Å². The molecule has 0 saturated carbocycles. The second-order valence-corrected chi connectivity index (χ2v) is 22.8. The van der Waals surface area contributed by atoms with E-state index < -0.39 is 33.2 Å². The molecule has 0 fully saturated rings. The van der Waals surface area contributed by atoms with E-state index in [0.717, 1.165) is 9.52 Å². The van der Waals surface area contributed by atoms with Crippen LogP contribution in [0.5, 0.6) is 0 Å². The third-order valence-corrected chi connectivity index (χ3v) is 8.27. The Morgan fingerprint density at radius 1 is 0.786 bits per heavy atom. The van der Waals surface area contributed by atoms with Crippen molar-refractivity contribution in [2.45, 2.75) is 79.1 Å². The first-order chi connectivity index (χ1) is 12.9. The Morgan fingerprint density at radius 2 is 1.04 bits per heavy atom. The third-order valence-electron chi connectivity index (χ3n) is 4.18. The number of rotatable bonds is 4. The van der Waals surface area contributed by atoms with Gasteiger partial charge in [0.25, 0.3) is 0 Å². The molecular formula is C22H41Cl2Si3Ti-2. The molecule has 161 valence electrons. The van der Waals surface area contributed by atoms with Gasteiger partial charge < -0.3 is 0 Å². The van der Waals surface area contributed by atoms with Gasteiger partial charge in [-0.15, -0.1) is 0 Å². The maximum absolute atomic E-state index is 4.89. The van der Waals surface area contributed by atoms with E-state index in [4.69, 9.17) is 18.6 Å². The quantitative estimate of drug-likeness (QED) is 0.311. The van der Waals surface area contributed by atoms with Crippen LogP contribution in [0, 0.1) is 0 Å². The van der Waals surface area contributed by atoms with E-state index in [1.807, 2.05) is 0 Å². The van der Waals surface area contributed by atoms with Crippen LogP contribution in [0.4, 0.5) is 0 Å². The molecule has 0 amide bonds. The summed E-state index contributed by atoms with van der Waals surface area (Å²) in [7, 11) is 8.47. The summed E-state index contributed by atoms with van der Waals surface area (Å²) < 4.78 is 0. The van der Waals surface area contributed by atoms with Crippen molar-refractivity contribution in [3.8, 4) is 0 Å². The summed E-state index contributed by atoms with van der Waals surface area (Å²) in [6, 6.07) is 13.8. The fourth-order valence-electron chi connectivity index (χ4n) is 2.36. The van der Waals surface area contributed by atoms with Gasteiger partial charge in [0.15, 0.2) is 0 Å². The topological polar surface area (TPSA) is 0 Å². The summed E-state index contributed by atoms with van der Waals surface area (Å²) >= 11 is -0.556. The molecule has 2 rings (SSSR count). The second-order valence-electron chi connectivity index (χ2n) is 8.87. The first kappa shape index (κ1) is 30.8. The summed E-state index contributed by atoms with van der Waals surface area (Å²) in [5.74, 6) is 0. The zero-order valence-electron chi connectivity index (χ0n) is 19.7. The molecule has 0 atom stereocenters. The van der Waals surface area contributed by atoms with E-state index >= 15 is 0 Å². The van der Waals surface area contributed by atoms with Crippen molar-refractivity contribution < 1.29 is 17.0 Å². The Morgan fingerprint density at radius 3 is 1.14 bits per heavy atom. The minimum atomic E-state index is -1.03. The average Bonchev–Trinajstić information content (AvgIpc) is 3.25. The fraction of sp³-hybridized carbons (Fsp3) is 0.545. The predicted molar refractivity (Wildman–Crippen MR) is 139 cm³/mol. The second kappa shape index (κ2) is 16.4. The van der Waals surface area contributed by atoms with E-state index in [0.29, 0.717) is 0 Å². The van der Waals surface area contributed by atoms with Crippen LogP contribution in [0.3, 0.4) is 0 Å². The molecule has 0 heterocycles. The minimum absolute atomic E-state index is 0.556. The van der Waals surface area contributed by atoms with Gasteiger partial charge in [-0.3, -0.25) is 0 Å². The molecule has 0 N–H and O–H groups in total. The van der Waals surface area contributed by atoms with Gasteiger partial charge in [-0.1, -0.05) is 79.1 Å². The number of hydrogen-bond donors (Lipinski definition) is 0. The van der Waals surface area contributed by atoms with Gasteiger partial charge in [-0.05, 0) is 0 Å². The summed E-state index contributed by atoms with van der Waals surface area (Å²) in [6.07, 6.45) is 2.34. The van der Waals surface area contributed by atoms with Crippen LogP contribution in [0.15, 0.2) is 36.4 Å². The normalized spacial score (nSPS) is 10.6. The standard InChI is InChI=1S/2C10H17Si.C2H7Si.2ClH.Ti/c2*1-5-9-6-7-10(8-9)11(2,3)4;1-3-2;;;/h2*6-8H,5H2,1-4H3;3H,1-2H3;2*1H;/q2*-1;;;;+2/p-2. The van der Waals surface area contributed by atoms with E-state index in [-0.39, 0.29) is 0 Å². The van der Waals surface area contributed by atoms with Gasteiger partial charge in [-0.25, -0.2) is 22.5 Å². The molecule has 2 aromatic rings. The molecule has 6 heteroatoms. The number of aryl methyl sites for hydroxylation is 2. The molecule has 0 nitrogen and oxygen atoms in total. The molecule has 1 radical (unpaired) electrons. The van der Waals surface area contributed by atoms with Crippen LogP contribution in [0.2, 0.25) is 52.4 Å². The summed E-state index contributed by atoms with van der Waals surface area (Å²) in [4.78, 5) is 0. The van der Waals surface area contributed by atoms with Crippen LogP contribution in [0.1, 0.15) is 25.0 Å². The zero-order valence-corrected chi connectivity index (χ0v) is 25.9. The van der Waals surface area contributed by atoms with Crippen LogP contribution in [-0.2, 0) is 29.9 Å². The van der Waals surface area contributed by atoms with Gasteiger partial charge in [0.2, 0.25) is 0 Å². The molecule has 28 heavy (non-hydrogen) atoms. The van der Waals surface area contributed by atoms with E-state index in [1.54, 1.807) is 10.4 Å². The molecule has 0 aliphatic rings. The average molecular weight is 509 g/mol. The van der Waals surface area contributed by atoms with Crippen molar-refractivity contribution in [1.29, 1.82) is 0 Å². The van der Waals surface area contributed by atoms with Crippen LogP contribution in [-0.4, -0.2) is 25.7 Å². The first-order valence-corrected chi connectivity index (χ1v) is 23.7. The number of hydrogen-bond acceptors (Lipinski definition) is 0. The predicted octanol–water partition coefficient (Wildman–Crippen LogP) is 6.92. The molecule has 2 aromatic carbocycles. The Labute approximate surface area is 197 Å². The molecule has 0 saturated heterocycles. The maximum atomic E-state index is 4.89. The monoisotopic (exact) mass is 507 g/mol. The summed E-state index contributed by atoms with van der Waals surface area (Å²) in [5, 5.41) is 3.18. The van der Waals surface area contributed by atoms with Gasteiger partial charge in [0, 0.05) is 25.7 Å². The molecule has 0 spiro atoms. The van der Waals surface area contributed by atoms with Crippen molar-refractivity contribution in [2.24, 2.45) is 0 Å². The SMILES string of the molecule is CCc1cc([Si](C)(C)C)c[cH-]1.CCc1cc([Si](C)(C)C)c[cH-]1.C[SiH]C.[Cl][Ti][Cl]. The van der Waals surface area contributed by atoms with Crippen molar-refractivity contribution in [2.75, 3.05) is 0 Å². The Balaban J connectivity index is 0. The van der Waals surface area contributed by atoms with Gasteiger partial charge >= 0.3 is 35.6 Å². The van der Waals surface area contributed by atoms with Gasteiger partial charge in [0.1, 0.15) is 0 Å². The molecular weight excluding hydrogens is 467 g/mol. The molecule has 0 aliphatic heterocycles. The Kier molecular flexibility index (Phi) is 18.0. The third kappa shape index (κ3) is 14.6. The molecule has 0 aliphatic carbocycles. The van der Waals surface area contributed by atoms with Crippen LogP contribution in [0.25, 0.3) is 0 Å². The zero-order chi connectivity index (χ0) is 22.4. The Bertz CT molecular complexity index is 554. The summed E-state index contributed by atoms with van der Waals surface area (Å²) in [5.41, 5.74) is 2.98. The van der Waals surface area contributed by atoms with Crippen molar-refractivity contribution in [3.05, 3.63) is 47.5 Å². The summed E-state index contributed by atoms with van der Waals surface area (Å²) in [6.45, 7) is 23.2. The van der Waals surface area contributed by atoms with E-state index in [2.05, 4.69) is 103 Å². The number of halogens is 2. The van der Waals surface area contributed by atoms with Crippen molar-refractivity contribution in [1.82, 2.24) is 0 Å². The van der Waals surface area contributed by atoms with Crippen LogP contribution < -0.4 is 10.4 Å². The van der Waals surface area contributed by atoms with Crippen LogP contribution >= 0.6 is 18.6 Å². The fourth-order valence-corrected chi connectivity index (χ4v) is 4.76. The molecule has 0 unspecified atom stereocenters. The van der Waals surface area contributed by atoms with E-state index in [1.165, 1.54) is 24.0 Å². The van der Waals surface area contributed by atoms with E-state index in [9.17, 15) is 0 Å². The Hall–Kier alpha value is 0.645. The molecule has 0 bridgehead atoms.